The predicted octanol–water partition coefficient (Wildman–Crippen LogP) is 4.92. The minimum atomic E-state index is -0.454. The fourth-order valence-electron chi connectivity index (χ4n) is 3.32. The summed E-state index contributed by atoms with van der Waals surface area (Å²) >= 11 is 1.37. The number of thiazole rings is 1. The minimum Gasteiger partial charge on any atom is -0.497 e. The van der Waals surface area contributed by atoms with Crippen LogP contribution < -0.4 is 10.1 Å². The van der Waals surface area contributed by atoms with Crippen molar-refractivity contribution in [1.29, 1.82) is 0 Å². The molecule has 0 atom stereocenters. The largest absolute Gasteiger partial charge is 0.497 e. The molecule has 0 bridgehead atoms. The first kappa shape index (κ1) is 23.2. The summed E-state index contributed by atoms with van der Waals surface area (Å²) in [6.07, 6.45) is 3.31. The Balaban J connectivity index is 1.24. The van der Waals surface area contributed by atoms with E-state index in [2.05, 4.69) is 10.3 Å². The van der Waals surface area contributed by atoms with Crippen LogP contribution in [0.15, 0.2) is 78.2 Å². The van der Waals surface area contributed by atoms with Crippen molar-refractivity contribution in [3.8, 4) is 5.75 Å². The number of fused-ring (bicyclic) bond motifs is 1. The number of carbonyl (C=O) groups excluding carboxylic acids is 2. The van der Waals surface area contributed by atoms with E-state index < -0.39 is 5.97 Å². The molecule has 1 N–H and O–H groups in total. The first-order chi connectivity index (χ1) is 16.6. The number of hydrogen-bond donors (Lipinski definition) is 1. The van der Waals surface area contributed by atoms with Crippen molar-refractivity contribution in [2.24, 2.45) is 0 Å². The zero-order valence-corrected chi connectivity index (χ0v) is 19.5. The zero-order chi connectivity index (χ0) is 23.8. The topological polar surface area (TPSA) is 77.5 Å². The van der Waals surface area contributed by atoms with Crippen molar-refractivity contribution >= 4 is 40.1 Å². The highest BCUT2D eigenvalue weighted by Crippen LogP contribution is 2.22. The van der Waals surface area contributed by atoms with Gasteiger partial charge in [-0.05, 0) is 46.2 Å². The van der Waals surface area contributed by atoms with Crippen LogP contribution in [0.2, 0.25) is 0 Å². The summed E-state index contributed by atoms with van der Waals surface area (Å²) in [5, 5.41) is 7.48. The van der Waals surface area contributed by atoms with Gasteiger partial charge in [0.15, 0.2) is 0 Å². The van der Waals surface area contributed by atoms with Crippen molar-refractivity contribution in [1.82, 2.24) is 10.3 Å². The van der Waals surface area contributed by atoms with Crippen LogP contribution in [0, 0.1) is 0 Å². The number of nitrogens with zero attached hydrogens (tertiary/aromatic N) is 1. The lowest BCUT2D eigenvalue weighted by atomic mass is 10.1. The van der Waals surface area contributed by atoms with E-state index in [0.29, 0.717) is 17.2 Å². The Morgan fingerprint density at radius 3 is 2.65 bits per heavy atom. The monoisotopic (exact) mass is 472 g/mol. The summed E-state index contributed by atoms with van der Waals surface area (Å²) in [5.41, 5.74) is 2.56. The molecule has 7 heteroatoms. The zero-order valence-electron chi connectivity index (χ0n) is 18.7. The van der Waals surface area contributed by atoms with Crippen molar-refractivity contribution in [3.05, 3.63) is 100 Å². The fraction of sp³-hybridized carbons (Fsp3) is 0.148. The number of rotatable bonds is 9. The third-order valence-electron chi connectivity index (χ3n) is 5.09. The van der Waals surface area contributed by atoms with E-state index in [1.165, 1.54) is 17.4 Å². The maximum absolute atomic E-state index is 12.1. The molecule has 4 rings (SSSR count). The molecule has 0 aliphatic rings. The van der Waals surface area contributed by atoms with Gasteiger partial charge in [-0.2, -0.15) is 0 Å². The average Bonchev–Trinajstić information content (AvgIpc) is 3.32. The van der Waals surface area contributed by atoms with Crippen LogP contribution in [0.25, 0.3) is 16.8 Å². The van der Waals surface area contributed by atoms with Gasteiger partial charge >= 0.3 is 5.97 Å². The summed E-state index contributed by atoms with van der Waals surface area (Å²) in [5.74, 6) is 0.251. The van der Waals surface area contributed by atoms with E-state index in [-0.39, 0.29) is 18.9 Å². The lowest BCUT2D eigenvalue weighted by Crippen LogP contribution is -2.24. The molecule has 0 unspecified atom stereocenters. The van der Waals surface area contributed by atoms with Crippen molar-refractivity contribution < 1.29 is 19.1 Å². The van der Waals surface area contributed by atoms with Crippen LogP contribution >= 0.6 is 11.3 Å². The molecule has 0 aliphatic heterocycles. The molecule has 0 saturated carbocycles. The summed E-state index contributed by atoms with van der Waals surface area (Å²) < 4.78 is 10.5. The van der Waals surface area contributed by atoms with Crippen molar-refractivity contribution in [2.75, 3.05) is 7.11 Å². The summed E-state index contributed by atoms with van der Waals surface area (Å²) in [6, 6.07) is 21.5. The highest BCUT2D eigenvalue weighted by Gasteiger charge is 2.09. The van der Waals surface area contributed by atoms with Gasteiger partial charge in [0.25, 0.3) is 0 Å². The second-order valence-corrected chi connectivity index (χ2v) is 8.53. The quantitative estimate of drug-likeness (QED) is 0.276. The summed E-state index contributed by atoms with van der Waals surface area (Å²) in [6.45, 7) is 0.538. The van der Waals surface area contributed by atoms with Gasteiger partial charge in [0.05, 0.1) is 19.2 Å². The Bertz CT molecular complexity index is 1310. The number of nitrogens with one attached hydrogen (secondary N) is 1. The Morgan fingerprint density at radius 2 is 1.82 bits per heavy atom. The Labute approximate surface area is 201 Å². The van der Waals surface area contributed by atoms with E-state index in [9.17, 15) is 9.59 Å². The number of benzene rings is 3. The number of amides is 1. The van der Waals surface area contributed by atoms with Crippen LogP contribution in [0.4, 0.5) is 0 Å². The standard InChI is InChI=1S/C27H24N2O4S/c1-32-24-11-10-21-13-19(7-9-22(21)14-24)8-12-27(31)33-17-23-18-34-26(29-23)15-25(30)28-16-20-5-3-2-4-6-20/h2-14,18H,15-17H2,1H3,(H,28,30)/b12-8+. The van der Waals surface area contributed by atoms with E-state index in [4.69, 9.17) is 9.47 Å². The van der Waals surface area contributed by atoms with Crippen LogP contribution in [0.3, 0.4) is 0 Å². The molecule has 0 radical (unpaired) electrons. The molecule has 1 heterocycles. The number of hydrogen-bond acceptors (Lipinski definition) is 6. The van der Waals surface area contributed by atoms with Crippen LogP contribution in [0.1, 0.15) is 21.8 Å². The van der Waals surface area contributed by atoms with Crippen molar-refractivity contribution in [2.45, 2.75) is 19.6 Å². The van der Waals surface area contributed by atoms with E-state index >= 15 is 0 Å². The van der Waals surface area contributed by atoms with Gasteiger partial charge in [-0.1, -0.05) is 48.5 Å². The SMILES string of the molecule is COc1ccc2cc(/C=C/C(=O)OCc3csc(CC(=O)NCc4ccccc4)n3)ccc2c1. The molecule has 0 fully saturated rings. The fourth-order valence-corrected chi connectivity index (χ4v) is 4.10. The molecule has 172 valence electrons. The van der Waals surface area contributed by atoms with Crippen LogP contribution in [-0.2, 0) is 33.9 Å². The van der Waals surface area contributed by atoms with E-state index in [1.54, 1.807) is 18.6 Å². The summed E-state index contributed by atoms with van der Waals surface area (Å²) in [4.78, 5) is 28.7. The van der Waals surface area contributed by atoms with Crippen LogP contribution in [-0.4, -0.2) is 24.0 Å². The molecule has 1 aromatic heterocycles. The van der Waals surface area contributed by atoms with Gasteiger partial charge in [0, 0.05) is 18.0 Å². The average molecular weight is 473 g/mol. The molecule has 34 heavy (non-hydrogen) atoms. The second kappa shape index (κ2) is 11.2. The smallest absolute Gasteiger partial charge is 0.331 e. The number of methoxy groups -OCH3 is 1. The Kier molecular flexibility index (Phi) is 7.67. The van der Waals surface area contributed by atoms with Gasteiger partial charge in [-0.15, -0.1) is 11.3 Å². The third-order valence-corrected chi connectivity index (χ3v) is 5.99. The predicted molar refractivity (Wildman–Crippen MR) is 133 cm³/mol. The lowest BCUT2D eigenvalue weighted by Gasteiger charge is -2.04. The molecule has 1 amide bonds. The molecule has 6 nitrogen and oxygen atoms in total. The first-order valence-electron chi connectivity index (χ1n) is 10.8. The van der Waals surface area contributed by atoms with E-state index in [0.717, 1.165) is 27.6 Å². The minimum absolute atomic E-state index is 0.0584. The molecule has 3 aromatic carbocycles. The normalized spacial score (nSPS) is 11.0. The lowest BCUT2D eigenvalue weighted by molar-refractivity contribution is -0.139. The molecule has 4 aromatic rings. The van der Waals surface area contributed by atoms with Gasteiger partial charge in [-0.25, -0.2) is 9.78 Å². The Morgan fingerprint density at radius 1 is 1.03 bits per heavy atom. The molecule has 0 aliphatic carbocycles. The van der Waals surface area contributed by atoms with Gasteiger partial charge < -0.3 is 14.8 Å². The molecular formula is C27H24N2O4S. The van der Waals surface area contributed by atoms with Gasteiger partial charge in [-0.3, -0.25) is 4.79 Å². The number of aromatic nitrogens is 1. The number of ether oxygens (including phenoxy) is 2. The molecule has 0 saturated heterocycles. The summed E-state index contributed by atoms with van der Waals surface area (Å²) in [7, 11) is 1.64. The van der Waals surface area contributed by atoms with Crippen molar-refractivity contribution in [3.63, 3.8) is 0 Å². The molecular weight excluding hydrogens is 448 g/mol. The maximum atomic E-state index is 12.1. The first-order valence-corrected chi connectivity index (χ1v) is 11.6. The highest BCUT2D eigenvalue weighted by molar-refractivity contribution is 7.09. The third kappa shape index (κ3) is 6.52. The highest BCUT2D eigenvalue weighted by atomic mass is 32.1. The van der Waals surface area contributed by atoms with Gasteiger partial charge in [0.2, 0.25) is 5.91 Å². The Hall–Kier alpha value is -3.97. The number of carbonyl (C=O) groups is 2. The van der Waals surface area contributed by atoms with E-state index in [1.807, 2.05) is 66.7 Å². The molecule has 0 spiro atoms. The van der Waals surface area contributed by atoms with Crippen LogP contribution in [0.5, 0.6) is 5.75 Å². The number of esters is 1. The maximum Gasteiger partial charge on any atom is 0.331 e. The second-order valence-electron chi connectivity index (χ2n) is 7.59. The van der Waals surface area contributed by atoms with Gasteiger partial charge in [0.1, 0.15) is 17.4 Å².